The molecule has 1 heterocycles. The molecule has 6 nitrogen and oxygen atoms in total. The van der Waals surface area contributed by atoms with Crippen molar-refractivity contribution in [3.05, 3.63) is 60.4 Å². The van der Waals surface area contributed by atoms with E-state index in [4.69, 9.17) is 4.74 Å². The molecule has 124 valence electrons. The molecule has 0 aliphatic rings. The normalized spacial score (nSPS) is 11.9. The number of fused-ring (bicyclic) bond motifs is 1. The van der Waals surface area contributed by atoms with Crippen molar-refractivity contribution >= 4 is 17.1 Å². The Morgan fingerprint density at radius 3 is 2.71 bits per heavy atom. The summed E-state index contributed by atoms with van der Waals surface area (Å²) >= 11 is 0. The summed E-state index contributed by atoms with van der Waals surface area (Å²) in [6.45, 7) is 4.51. The summed E-state index contributed by atoms with van der Waals surface area (Å²) in [5, 5.41) is 2.91. The zero-order valence-electron chi connectivity index (χ0n) is 13.7. The number of nitrogens with zero attached hydrogens (tertiary/aromatic N) is 2. The predicted octanol–water partition coefficient (Wildman–Crippen LogP) is 3.45. The Bertz CT molecular complexity index is 826. The number of rotatable bonds is 5. The summed E-state index contributed by atoms with van der Waals surface area (Å²) in [7, 11) is 0. The molecule has 2 N–H and O–H groups in total. The van der Waals surface area contributed by atoms with E-state index >= 15 is 0 Å². The highest BCUT2D eigenvalue weighted by Crippen LogP contribution is 2.17. The van der Waals surface area contributed by atoms with E-state index < -0.39 is 0 Å². The summed E-state index contributed by atoms with van der Waals surface area (Å²) < 4.78 is 7.03. The lowest BCUT2D eigenvalue weighted by Gasteiger charge is -2.16. The number of hydrogen-bond donors (Lipinski definition) is 2. The van der Waals surface area contributed by atoms with Crippen molar-refractivity contribution in [1.82, 2.24) is 15.0 Å². The summed E-state index contributed by atoms with van der Waals surface area (Å²) in [4.78, 5) is 16.5. The molecule has 0 saturated carbocycles. The molecule has 24 heavy (non-hydrogen) atoms. The van der Waals surface area contributed by atoms with Gasteiger partial charge in [-0.05, 0) is 43.7 Å². The average Bonchev–Trinajstić information content (AvgIpc) is 2.99. The molecule has 2 aromatic carbocycles. The van der Waals surface area contributed by atoms with Gasteiger partial charge >= 0.3 is 6.03 Å². The van der Waals surface area contributed by atoms with Crippen LogP contribution in [0.4, 0.5) is 4.79 Å². The minimum absolute atomic E-state index is 0.129. The largest absolute Gasteiger partial charge is 0.494 e. The number of para-hydroxylation sites is 2. The third-order valence-electron chi connectivity index (χ3n) is 3.71. The van der Waals surface area contributed by atoms with Crippen molar-refractivity contribution in [2.24, 2.45) is 0 Å². The van der Waals surface area contributed by atoms with Gasteiger partial charge in [0.05, 0.1) is 23.7 Å². The number of carbonyl (C=O) groups is 1. The highest BCUT2D eigenvalue weighted by atomic mass is 16.5. The Morgan fingerprint density at radius 2 is 1.96 bits per heavy atom. The number of imidazole rings is 1. The van der Waals surface area contributed by atoms with Gasteiger partial charge in [-0.1, -0.05) is 24.3 Å². The average molecular weight is 324 g/mol. The van der Waals surface area contributed by atoms with Gasteiger partial charge in [0.25, 0.3) is 0 Å². The second-order valence-corrected chi connectivity index (χ2v) is 5.41. The number of aromatic nitrogens is 2. The predicted molar refractivity (Wildman–Crippen MR) is 93.7 cm³/mol. The number of benzene rings is 2. The quantitative estimate of drug-likeness (QED) is 0.755. The fraction of sp³-hybridized carbons (Fsp3) is 0.222. The molecule has 2 amide bonds. The van der Waals surface area contributed by atoms with Crippen LogP contribution in [0, 0.1) is 0 Å². The maximum atomic E-state index is 12.2. The third kappa shape index (κ3) is 3.48. The van der Waals surface area contributed by atoms with Crippen LogP contribution in [-0.4, -0.2) is 22.3 Å². The van der Waals surface area contributed by atoms with Crippen LogP contribution in [0.2, 0.25) is 0 Å². The molecule has 1 atom stereocenters. The van der Waals surface area contributed by atoms with E-state index in [1.54, 1.807) is 11.0 Å². The molecular weight excluding hydrogens is 304 g/mol. The first-order chi connectivity index (χ1) is 11.7. The molecule has 0 aliphatic heterocycles. The Labute approximate surface area is 140 Å². The lowest BCUT2D eigenvalue weighted by molar-refractivity contribution is 0.247. The maximum absolute atomic E-state index is 12.2. The van der Waals surface area contributed by atoms with E-state index in [1.165, 1.54) is 0 Å². The van der Waals surface area contributed by atoms with E-state index in [9.17, 15) is 4.79 Å². The topological polar surface area (TPSA) is 68.2 Å². The highest BCUT2D eigenvalue weighted by Gasteiger charge is 2.11. The minimum Gasteiger partial charge on any atom is -0.494 e. The van der Waals surface area contributed by atoms with Crippen molar-refractivity contribution in [2.75, 3.05) is 12.0 Å². The second kappa shape index (κ2) is 7.04. The molecule has 3 aromatic rings. The minimum atomic E-state index is -0.292. The van der Waals surface area contributed by atoms with Crippen LogP contribution in [0.1, 0.15) is 25.5 Å². The van der Waals surface area contributed by atoms with E-state index in [0.29, 0.717) is 6.61 Å². The van der Waals surface area contributed by atoms with Gasteiger partial charge in [0, 0.05) is 0 Å². The molecule has 3 rings (SSSR count). The monoisotopic (exact) mass is 324 g/mol. The van der Waals surface area contributed by atoms with Crippen LogP contribution >= 0.6 is 0 Å². The molecule has 0 spiro atoms. The molecular formula is C18H20N4O2. The van der Waals surface area contributed by atoms with Crippen LogP contribution < -0.4 is 15.5 Å². The lowest BCUT2D eigenvalue weighted by atomic mass is 10.1. The van der Waals surface area contributed by atoms with Crippen molar-refractivity contribution in [2.45, 2.75) is 19.9 Å². The Morgan fingerprint density at radius 1 is 1.21 bits per heavy atom. The molecule has 6 heteroatoms. The molecule has 0 unspecified atom stereocenters. The molecule has 0 radical (unpaired) electrons. The van der Waals surface area contributed by atoms with E-state index in [2.05, 4.69) is 15.7 Å². The first kappa shape index (κ1) is 15.9. The van der Waals surface area contributed by atoms with E-state index in [0.717, 1.165) is 22.3 Å². The van der Waals surface area contributed by atoms with Gasteiger partial charge in [0.15, 0.2) is 0 Å². The Kier molecular flexibility index (Phi) is 4.65. The van der Waals surface area contributed by atoms with Crippen molar-refractivity contribution in [3.8, 4) is 5.75 Å². The van der Waals surface area contributed by atoms with Crippen LogP contribution in [0.25, 0.3) is 11.0 Å². The van der Waals surface area contributed by atoms with Gasteiger partial charge in [0.2, 0.25) is 0 Å². The van der Waals surface area contributed by atoms with E-state index in [1.807, 2.05) is 62.4 Å². The standard InChI is InChI=1S/C18H20N4O2/c1-3-24-15-10-8-14(9-11-15)13(2)20-18(23)21-22-12-19-16-6-4-5-7-17(16)22/h4-13H,3H2,1-2H3,(H2,20,21,23)/t13-/m0/s1. The van der Waals surface area contributed by atoms with Gasteiger partial charge in [-0.15, -0.1) is 0 Å². The van der Waals surface area contributed by atoms with Gasteiger partial charge < -0.3 is 10.1 Å². The van der Waals surface area contributed by atoms with Crippen LogP contribution in [0.5, 0.6) is 5.75 Å². The number of hydrogen-bond acceptors (Lipinski definition) is 3. The molecule has 0 bridgehead atoms. The van der Waals surface area contributed by atoms with Gasteiger partial charge in [-0.25, -0.2) is 19.9 Å². The molecule has 0 saturated heterocycles. The van der Waals surface area contributed by atoms with Crippen LogP contribution in [-0.2, 0) is 0 Å². The number of nitrogens with one attached hydrogen (secondary N) is 2. The third-order valence-corrected chi connectivity index (χ3v) is 3.71. The zero-order valence-corrected chi connectivity index (χ0v) is 13.7. The number of amides is 2. The fourth-order valence-electron chi connectivity index (χ4n) is 2.49. The second-order valence-electron chi connectivity index (χ2n) is 5.41. The highest BCUT2D eigenvalue weighted by molar-refractivity contribution is 5.85. The SMILES string of the molecule is CCOc1ccc([C@H](C)NC(=O)Nn2cnc3ccccc32)cc1. The number of carbonyl (C=O) groups excluding carboxylic acids is 1. The van der Waals surface area contributed by atoms with Crippen molar-refractivity contribution in [3.63, 3.8) is 0 Å². The molecule has 0 fully saturated rings. The van der Waals surface area contributed by atoms with Crippen molar-refractivity contribution in [1.29, 1.82) is 0 Å². The summed E-state index contributed by atoms with van der Waals surface area (Å²) in [6.07, 6.45) is 1.59. The summed E-state index contributed by atoms with van der Waals surface area (Å²) in [6, 6.07) is 14.9. The smallest absolute Gasteiger partial charge is 0.334 e. The van der Waals surface area contributed by atoms with E-state index in [-0.39, 0.29) is 12.1 Å². The van der Waals surface area contributed by atoms with Gasteiger partial charge in [0.1, 0.15) is 12.1 Å². The number of ether oxygens (including phenoxy) is 1. The molecule has 0 aliphatic carbocycles. The van der Waals surface area contributed by atoms with Gasteiger partial charge in [-0.3, -0.25) is 0 Å². The fourth-order valence-corrected chi connectivity index (χ4v) is 2.49. The van der Waals surface area contributed by atoms with Crippen LogP contribution in [0.15, 0.2) is 54.9 Å². The van der Waals surface area contributed by atoms with Crippen LogP contribution in [0.3, 0.4) is 0 Å². The first-order valence-electron chi connectivity index (χ1n) is 7.89. The van der Waals surface area contributed by atoms with Crippen molar-refractivity contribution < 1.29 is 9.53 Å². The first-order valence-corrected chi connectivity index (χ1v) is 7.89. The zero-order chi connectivity index (χ0) is 16.9. The van der Waals surface area contributed by atoms with Gasteiger partial charge in [-0.2, -0.15) is 0 Å². The maximum Gasteiger partial charge on any atom is 0.334 e. The Balaban J connectivity index is 1.63. The summed E-state index contributed by atoms with van der Waals surface area (Å²) in [5.41, 5.74) is 5.46. The number of urea groups is 1. The summed E-state index contributed by atoms with van der Waals surface area (Å²) in [5.74, 6) is 0.822. The lowest BCUT2D eigenvalue weighted by Crippen LogP contribution is -2.35. The molecule has 1 aromatic heterocycles. The Hall–Kier alpha value is -3.02.